The summed E-state index contributed by atoms with van der Waals surface area (Å²) in [4.78, 5) is 20.0. The van der Waals surface area contributed by atoms with Crippen LogP contribution in [0.2, 0.25) is 5.02 Å². The highest BCUT2D eigenvalue weighted by atomic mass is 35.5. The lowest BCUT2D eigenvalue weighted by Gasteiger charge is -2.21. The summed E-state index contributed by atoms with van der Waals surface area (Å²) in [6.07, 6.45) is 6.49. The summed E-state index contributed by atoms with van der Waals surface area (Å²) in [5, 5.41) is 5.73. The third kappa shape index (κ3) is 3.13. The van der Waals surface area contributed by atoms with Gasteiger partial charge in [0.05, 0.1) is 12.4 Å². The second-order valence-electron chi connectivity index (χ2n) is 6.94. The monoisotopic (exact) mass is 418 g/mol. The van der Waals surface area contributed by atoms with E-state index in [4.69, 9.17) is 11.6 Å². The zero-order valence-electron chi connectivity index (χ0n) is 15.9. The summed E-state index contributed by atoms with van der Waals surface area (Å²) in [6, 6.07) is 10.1. The van der Waals surface area contributed by atoms with E-state index in [0.717, 1.165) is 27.5 Å². The van der Waals surface area contributed by atoms with Crippen molar-refractivity contribution in [2.24, 2.45) is 0 Å². The molecule has 0 fully saturated rings. The highest BCUT2D eigenvalue weighted by Gasteiger charge is 2.19. The minimum absolute atomic E-state index is 0.202. The van der Waals surface area contributed by atoms with Gasteiger partial charge in [-0.25, -0.2) is 19.3 Å². The summed E-state index contributed by atoms with van der Waals surface area (Å²) in [7, 11) is 0. The molecule has 3 aromatic heterocycles. The fourth-order valence-electron chi connectivity index (χ4n) is 3.71. The first-order chi connectivity index (χ1) is 14.6. The summed E-state index contributed by atoms with van der Waals surface area (Å²) in [5.74, 6) is 0.318. The first-order valence-corrected chi connectivity index (χ1v) is 9.72. The molecule has 0 aliphatic carbocycles. The molecule has 2 aromatic carbocycles. The second kappa shape index (κ2) is 7.35. The minimum Gasteiger partial charge on any atom is -0.362 e. The molecule has 0 saturated carbocycles. The molecular weight excluding hydrogens is 403 g/mol. The molecule has 8 heteroatoms. The molecule has 1 atom stereocenters. The van der Waals surface area contributed by atoms with Gasteiger partial charge in [0.1, 0.15) is 17.7 Å². The van der Waals surface area contributed by atoms with Crippen LogP contribution < -0.4 is 5.32 Å². The maximum atomic E-state index is 14.1. The van der Waals surface area contributed by atoms with E-state index in [-0.39, 0.29) is 11.9 Å². The number of benzene rings is 2. The van der Waals surface area contributed by atoms with Crippen LogP contribution in [0.4, 0.5) is 10.2 Å². The average molecular weight is 419 g/mol. The summed E-state index contributed by atoms with van der Waals surface area (Å²) in [6.45, 7) is 2.00. The number of hydrogen-bond acceptors (Lipinski definition) is 5. The molecule has 0 bridgehead atoms. The highest BCUT2D eigenvalue weighted by Crippen LogP contribution is 2.39. The molecule has 30 heavy (non-hydrogen) atoms. The normalized spacial score (nSPS) is 12.4. The number of nitrogens with zero attached hydrogens (tertiary/aromatic N) is 4. The largest absolute Gasteiger partial charge is 0.362 e. The van der Waals surface area contributed by atoms with Crippen LogP contribution in [0.25, 0.3) is 33.1 Å². The van der Waals surface area contributed by atoms with Gasteiger partial charge in [-0.15, -0.1) is 0 Å². The van der Waals surface area contributed by atoms with Crippen molar-refractivity contribution in [1.82, 2.24) is 24.9 Å². The van der Waals surface area contributed by atoms with Crippen molar-refractivity contribution in [3.05, 3.63) is 77.8 Å². The van der Waals surface area contributed by atoms with Gasteiger partial charge in [0.25, 0.3) is 0 Å². The van der Waals surface area contributed by atoms with Crippen molar-refractivity contribution in [1.29, 1.82) is 0 Å². The highest BCUT2D eigenvalue weighted by molar-refractivity contribution is 6.36. The van der Waals surface area contributed by atoms with Gasteiger partial charge in [-0.2, -0.15) is 0 Å². The van der Waals surface area contributed by atoms with Gasteiger partial charge in [0.2, 0.25) is 0 Å². The zero-order valence-corrected chi connectivity index (χ0v) is 16.7. The van der Waals surface area contributed by atoms with Gasteiger partial charge in [-0.05, 0) is 47.9 Å². The van der Waals surface area contributed by atoms with Gasteiger partial charge in [0, 0.05) is 28.2 Å². The second-order valence-corrected chi connectivity index (χ2v) is 7.35. The van der Waals surface area contributed by atoms with E-state index < -0.39 is 0 Å². The quantitative estimate of drug-likeness (QED) is 0.401. The minimum atomic E-state index is -0.305. The van der Waals surface area contributed by atoms with E-state index in [2.05, 4.69) is 30.2 Å². The zero-order chi connectivity index (χ0) is 20.7. The van der Waals surface area contributed by atoms with E-state index in [0.29, 0.717) is 22.0 Å². The van der Waals surface area contributed by atoms with Gasteiger partial charge in [-0.3, -0.25) is 4.98 Å². The number of anilines is 1. The lowest BCUT2D eigenvalue weighted by molar-refractivity contribution is 0.628. The molecule has 1 unspecified atom stereocenters. The molecule has 3 heterocycles. The Kier molecular flexibility index (Phi) is 4.52. The van der Waals surface area contributed by atoms with Crippen molar-refractivity contribution in [3.63, 3.8) is 0 Å². The van der Waals surface area contributed by atoms with Crippen LogP contribution in [-0.2, 0) is 0 Å². The van der Waals surface area contributed by atoms with Gasteiger partial charge >= 0.3 is 0 Å². The number of H-pyrrole nitrogens is 1. The lowest BCUT2D eigenvalue weighted by Crippen LogP contribution is -2.10. The van der Waals surface area contributed by atoms with E-state index in [1.165, 1.54) is 18.5 Å². The SMILES string of the molecule is CC(Nc1ncnc2nc[nH]c12)c1cc(Cl)c2ccncc2c1-c1cccc(F)c1. The van der Waals surface area contributed by atoms with Crippen LogP contribution in [0.15, 0.2) is 61.4 Å². The summed E-state index contributed by atoms with van der Waals surface area (Å²) >= 11 is 6.61. The number of nitrogens with one attached hydrogen (secondary N) is 2. The van der Waals surface area contributed by atoms with Crippen molar-refractivity contribution < 1.29 is 4.39 Å². The predicted molar refractivity (Wildman–Crippen MR) is 116 cm³/mol. The molecule has 0 saturated heterocycles. The van der Waals surface area contributed by atoms with Crippen LogP contribution in [0, 0.1) is 5.82 Å². The van der Waals surface area contributed by atoms with E-state index in [1.54, 1.807) is 24.8 Å². The van der Waals surface area contributed by atoms with Crippen LogP contribution in [-0.4, -0.2) is 24.9 Å². The van der Waals surface area contributed by atoms with Gasteiger partial charge < -0.3 is 10.3 Å². The smallest absolute Gasteiger partial charge is 0.182 e. The maximum absolute atomic E-state index is 14.1. The number of imidazole rings is 1. The fraction of sp³-hybridized carbons (Fsp3) is 0.0909. The summed E-state index contributed by atoms with van der Waals surface area (Å²) in [5.41, 5.74) is 3.81. The predicted octanol–water partition coefficient (Wildman–Crippen LogP) is 5.53. The number of halogens is 2. The third-order valence-corrected chi connectivity index (χ3v) is 5.39. The molecule has 0 aliphatic rings. The topological polar surface area (TPSA) is 79.4 Å². The Morgan fingerprint density at radius 3 is 2.87 bits per heavy atom. The Balaban J connectivity index is 1.70. The third-order valence-electron chi connectivity index (χ3n) is 5.07. The molecule has 2 N–H and O–H groups in total. The Hall–Kier alpha value is -3.58. The molecule has 0 radical (unpaired) electrons. The first kappa shape index (κ1) is 18.4. The number of fused-ring (bicyclic) bond motifs is 2. The number of pyridine rings is 1. The van der Waals surface area contributed by atoms with Gasteiger partial charge in [0.15, 0.2) is 11.5 Å². The fourth-order valence-corrected chi connectivity index (χ4v) is 3.99. The Morgan fingerprint density at radius 1 is 1.10 bits per heavy atom. The van der Waals surface area contributed by atoms with E-state index in [1.807, 2.05) is 25.1 Å². The summed E-state index contributed by atoms with van der Waals surface area (Å²) < 4.78 is 14.1. The molecule has 148 valence electrons. The molecule has 5 aromatic rings. The average Bonchev–Trinajstić information content (AvgIpc) is 3.23. The molecule has 5 rings (SSSR count). The van der Waals surface area contributed by atoms with Crippen LogP contribution in [0.3, 0.4) is 0 Å². The lowest BCUT2D eigenvalue weighted by atomic mass is 9.91. The maximum Gasteiger partial charge on any atom is 0.182 e. The van der Waals surface area contributed by atoms with Crippen molar-refractivity contribution in [3.8, 4) is 11.1 Å². The number of aromatic amines is 1. The number of hydrogen-bond donors (Lipinski definition) is 2. The van der Waals surface area contributed by atoms with E-state index >= 15 is 0 Å². The number of aromatic nitrogens is 5. The first-order valence-electron chi connectivity index (χ1n) is 9.34. The molecular formula is C22H16ClFN6. The van der Waals surface area contributed by atoms with Crippen molar-refractivity contribution in [2.75, 3.05) is 5.32 Å². The van der Waals surface area contributed by atoms with Crippen molar-refractivity contribution in [2.45, 2.75) is 13.0 Å². The number of rotatable bonds is 4. The molecule has 6 nitrogen and oxygen atoms in total. The molecule has 0 aliphatic heterocycles. The van der Waals surface area contributed by atoms with Crippen LogP contribution in [0.1, 0.15) is 18.5 Å². The Labute approximate surface area is 176 Å². The van der Waals surface area contributed by atoms with Crippen molar-refractivity contribution >= 4 is 39.4 Å². The van der Waals surface area contributed by atoms with Gasteiger partial charge in [-0.1, -0.05) is 23.7 Å². The van der Waals surface area contributed by atoms with Crippen LogP contribution >= 0.6 is 11.6 Å². The standard InChI is InChI=1S/C22H16ClFN6/c1-12(30-22-20-21(27-10-26-20)28-11-29-22)16-8-18(23)15-5-6-25-9-17(15)19(16)13-3-2-4-14(24)7-13/h2-12H,1H3,(H2,26,27,28,29,30). The molecule has 0 spiro atoms. The van der Waals surface area contributed by atoms with Crippen LogP contribution in [0.5, 0.6) is 0 Å². The Morgan fingerprint density at radius 2 is 2.00 bits per heavy atom. The molecule has 0 amide bonds. The Bertz CT molecular complexity index is 1380. The van der Waals surface area contributed by atoms with E-state index in [9.17, 15) is 4.39 Å².